The summed E-state index contributed by atoms with van der Waals surface area (Å²) < 4.78 is 13.3. The van der Waals surface area contributed by atoms with Crippen LogP contribution < -0.4 is 0 Å². The molecule has 3 aromatic rings. The topological polar surface area (TPSA) is 53.4 Å². The minimum Gasteiger partial charge on any atom is -0.362 e. The third-order valence-corrected chi connectivity index (χ3v) is 4.43. The maximum atomic E-state index is 13.3. The molecule has 0 fully saturated rings. The predicted octanol–water partition coefficient (Wildman–Crippen LogP) is 3.07. The van der Waals surface area contributed by atoms with Gasteiger partial charge in [0.25, 0.3) is 5.91 Å². The van der Waals surface area contributed by atoms with Gasteiger partial charge in [-0.2, -0.15) is 0 Å². The van der Waals surface area contributed by atoms with Gasteiger partial charge in [-0.25, -0.2) is 4.39 Å². The van der Waals surface area contributed by atoms with Crippen molar-refractivity contribution in [2.24, 2.45) is 0 Å². The first-order valence-corrected chi connectivity index (χ1v) is 7.90. The molecule has 0 saturated heterocycles. The van der Waals surface area contributed by atoms with Crippen LogP contribution in [0, 0.1) is 5.82 Å². The summed E-state index contributed by atoms with van der Waals surface area (Å²) >= 11 is 0. The van der Waals surface area contributed by atoms with Crippen LogP contribution in [0.25, 0.3) is 0 Å². The molecule has 0 radical (unpaired) electrons. The highest BCUT2D eigenvalue weighted by molar-refractivity contribution is 5.99. The maximum absolute atomic E-state index is 13.3. The summed E-state index contributed by atoms with van der Waals surface area (Å²) in [5, 5.41) is 11.5. The first kappa shape index (κ1) is 15.5. The molecule has 25 heavy (non-hydrogen) atoms. The van der Waals surface area contributed by atoms with E-state index in [1.165, 1.54) is 35.4 Å². The molecule has 4 rings (SSSR count). The summed E-state index contributed by atoms with van der Waals surface area (Å²) in [6.45, 7) is 0.212. The normalized spacial score (nSPS) is 19.1. The van der Waals surface area contributed by atoms with Crippen molar-refractivity contribution in [2.75, 3.05) is 0 Å². The molecular formula is C20H15FN2O2. The lowest BCUT2D eigenvalue weighted by atomic mass is 9.98. The Bertz CT molecular complexity index is 928. The molecule has 1 N–H and O–H groups in total. The van der Waals surface area contributed by atoms with Crippen molar-refractivity contribution in [2.45, 2.75) is 12.3 Å². The number of hydrogen-bond acceptors (Lipinski definition) is 3. The van der Waals surface area contributed by atoms with Crippen molar-refractivity contribution in [1.82, 2.24) is 9.88 Å². The average Bonchev–Trinajstić information content (AvgIpc) is 2.86. The zero-order valence-electron chi connectivity index (χ0n) is 13.3. The zero-order valence-corrected chi connectivity index (χ0v) is 13.3. The van der Waals surface area contributed by atoms with Gasteiger partial charge < -0.3 is 5.11 Å². The van der Waals surface area contributed by atoms with Gasteiger partial charge in [0.2, 0.25) is 5.72 Å². The van der Waals surface area contributed by atoms with Crippen LogP contribution in [-0.4, -0.2) is 20.9 Å². The van der Waals surface area contributed by atoms with Crippen LogP contribution in [0.1, 0.15) is 27.2 Å². The van der Waals surface area contributed by atoms with Crippen LogP contribution in [0.5, 0.6) is 0 Å². The Morgan fingerprint density at radius 3 is 2.44 bits per heavy atom. The van der Waals surface area contributed by atoms with E-state index in [1.54, 1.807) is 12.1 Å². The fraction of sp³-hybridized carbons (Fsp3) is 0.100. The molecule has 0 aliphatic carbocycles. The van der Waals surface area contributed by atoms with Gasteiger partial charge in [-0.15, -0.1) is 0 Å². The molecule has 1 atom stereocenters. The number of hydrogen-bond donors (Lipinski definition) is 1. The number of carbonyl (C=O) groups excluding carboxylic acids is 1. The van der Waals surface area contributed by atoms with Crippen LogP contribution >= 0.6 is 0 Å². The first-order chi connectivity index (χ1) is 12.1. The van der Waals surface area contributed by atoms with E-state index in [0.717, 1.165) is 5.56 Å². The van der Waals surface area contributed by atoms with E-state index in [1.807, 2.05) is 30.3 Å². The molecule has 0 bridgehead atoms. The van der Waals surface area contributed by atoms with Crippen molar-refractivity contribution >= 4 is 5.91 Å². The summed E-state index contributed by atoms with van der Waals surface area (Å²) in [5.41, 5.74) is 0.157. The molecule has 2 heterocycles. The molecule has 2 aromatic carbocycles. The van der Waals surface area contributed by atoms with Gasteiger partial charge in [-0.1, -0.05) is 42.5 Å². The molecule has 1 aliphatic rings. The molecule has 1 aliphatic heterocycles. The van der Waals surface area contributed by atoms with Gasteiger partial charge in [0, 0.05) is 18.3 Å². The summed E-state index contributed by atoms with van der Waals surface area (Å²) in [5.74, 6) is -0.716. The van der Waals surface area contributed by atoms with Crippen LogP contribution in [0.2, 0.25) is 0 Å². The van der Waals surface area contributed by atoms with Crippen molar-refractivity contribution in [1.29, 1.82) is 0 Å². The van der Waals surface area contributed by atoms with Gasteiger partial charge in [-0.05, 0) is 29.8 Å². The van der Waals surface area contributed by atoms with E-state index in [4.69, 9.17) is 0 Å². The van der Waals surface area contributed by atoms with Gasteiger partial charge in [0.05, 0.1) is 5.56 Å². The number of halogens is 1. The van der Waals surface area contributed by atoms with Crippen LogP contribution in [-0.2, 0) is 12.3 Å². The van der Waals surface area contributed by atoms with Crippen LogP contribution in [0.15, 0.2) is 72.9 Å². The van der Waals surface area contributed by atoms with E-state index in [9.17, 15) is 14.3 Å². The third kappa shape index (κ3) is 2.40. The third-order valence-electron chi connectivity index (χ3n) is 4.43. The van der Waals surface area contributed by atoms with Crippen LogP contribution in [0.4, 0.5) is 4.39 Å². The van der Waals surface area contributed by atoms with Crippen LogP contribution in [0.3, 0.4) is 0 Å². The standard InChI is InChI=1S/C20H15FN2O2/c21-16-10-8-15(9-11-16)20(25)18-17(7-4-12-22-18)19(24)23(20)13-14-5-2-1-3-6-14/h1-12,25H,13H2. The summed E-state index contributed by atoms with van der Waals surface area (Å²) in [4.78, 5) is 18.5. The second-order valence-electron chi connectivity index (χ2n) is 5.96. The lowest BCUT2D eigenvalue weighted by Crippen LogP contribution is -2.44. The molecule has 124 valence electrons. The summed E-state index contributed by atoms with van der Waals surface area (Å²) in [6, 6.07) is 18.2. The minimum absolute atomic E-state index is 0.212. The number of amides is 1. The van der Waals surface area contributed by atoms with Crippen molar-refractivity contribution in [3.63, 3.8) is 0 Å². The first-order valence-electron chi connectivity index (χ1n) is 7.90. The Labute approximate surface area is 144 Å². The fourth-order valence-electron chi connectivity index (χ4n) is 3.20. The number of fused-ring (bicyclic) bond motifs is 1. The molecule has 0 spiro atoms. The SMILES string of the molecule is O=C1c2cccnc2C(O)(c2ccc(F)cc2)N1Cc1ccccc1. The van der Waals surface area contributed by atoms with E-state index in [-0.39, 0.29) is 18.1 Å². The highest BCUT2D eigenvalue weighted by Crippen LogP contribution is 2.41. The Morgan fingerprint density at radius 1 is 1.00 bits per heavy atom. The van der Waals surface area contributed by atoms with Gasteiger partial charge >= 0.3 is 0 Å². The molecule has 1 unspecified atom stereocenters. The highest BCUT2D eigenvalue weighted by Gasteiger charge is 2.51. The van der Waals surface area contributed by atoms with E-state index in [0.29, 0.717) is 11.1 Å². The molecule has 5 heteroatoms. The van der Waals surface area contributed by atoms with E-state index >= 15 is 0 Å². The van der Waals surface area contributed by atoms with Crippen molar-refractivity contribution in [3.05, 3.63) is 101 Å². The second kappa shape index (κ2) is 5.79. The molecule has 4 nitrogen and oxygen atoms in total. The quantitative estimate of drug-likeness (QED) is 0.801. The number of aliphatic hydroxyl groups is 1. The van der Waals surface area contributed by atoms with Crippen molar-refractivity contribution in [3.8, 4) is 0 Å². The molecule has 1 aromatic heterocycles. The Balaban J connectivity index is 1.87. The number of pyridine rings is 1. The number of carbonyl (C=O) groups is 1. The van der Waals surface area contributed by atoms with E-state index in [2.05, 4.69) is 4.98 Å². The van der Waals surface area contributed by atoms with Crippen molar-refractivity contribution < 1.29 is 14.3 Å². The Kier molecular flexibility index (Phi) is 3.58. The monoisotopic (exact) mass is 334 g/mol. The van der Waals surface area contributed by atoms with E-state index < -0.39 is 11.5 Å². The predicted molar refractivity (Wildman–Crippen MR) is 90.0 cm³/mol. The van der Waals surface area contributed by atoms with Gasteiger partial charge in [0.1, 0.15) is 11.5 Å². The number of nitrogens with zero attached hydrogens (tertiary/aromatic N) is 2. The Morgan fingerprint density at radius 2 is 1.72 bits per heavy atom. The summed E-state index contributed by atoms with van der Waals surface area (Å²) in [6.07, 6.45) is 1.53. The molecular weight excluding hydrogens is 319 g/mol. The number of aromatic nitrogens is 1. The molecule has 0 saturated carbocycles. The minimum atomic E-state index is -1.74. The highest BCUT2D eigenvalue weighted by atomic mass is 19.1. The lowest BCUT2D eigenvalue weighted by Gasteiger charge is -2.34. The number of rotatable bonds is 3. The average molecular weight is 334 g/mol. The second-order valence-corrected chi connectivity index (χ2v) is 5.96. The zero-order chi connectivity index (χ0) is 17.4. The van der Waals surface area contributed by atoms with Gasteiger partial charge in [0.15, 0.2) is 0 Å². The maximum Gasteiger partial charge on any atom is 0.259 e. The molecule has 1 amide bonds. The number of benzene rings is 2. The Hall–Kier alpha value is -3.05. The largest absolute Gasteiger partial charge is 0.362 e. The van der Waals surface area contributed by atoms with Gasteiger partial charge in [-0.3, -0.25) is 14.7 Å². The summed E-state index contributed by atoms with van der Waals surface area (Å²) in [7, 11) is 0. The fourth-order valence-corrected chi connectivity index (χ4v) is 3.20. The lowest BCUT2D eigenvalue weighted by molar-refractivity contribution is -0.0569. The smallest absolute Gasteiger partial charge is 0.259 e.